The predicted molar refractivity (Wildman–Crippen MR) is 71.8 cm³/mol. The van der Waals surface area contributed by atoms with Crippen LogP contribution in [0.15, 0.2) is 36.9 Å². The molecule has 1 atom stereocenters. The average Bonchev–Trinajstić information content (AvgIpc) is 2.45. The largest absolute Gasteiger partial charge is 0.469 e. The molecule has 1 rings (SSSR count). The molecule has 0 aromatic heterocycles. The zero-order chi connectivity index (χ0) is 14.3. The summed E-state index contributed by atoms with van der Waals surface area (Å²) in [5.41, 5.74) is 0.996. The maximum atomic E-state index is 11.5. The molecule has 4 heteroatoms. The molecule has 0 bridgehead atoms. The van der Waals surface area contributed by atoms with E-state index in [1.807, 2.05) is 19.1 Å². The van der Waals surface area contributed by atoms with Crippen LogP contribution in [-0.4, -0.2) is 19.0 Å². The Balaban J connectivity index is 2.68. The van der Waals surface area contributed by atoms with Crippen molar-refractivity contribution in [2.24, 2.45) is 5.92 Å². The van der Waals surface area contributed by atoms with Crippen LogP contribution in [0.4, 0.5) is 0 Å². The van der Waals surface area contributed by atoms with Crippen molar-refractivity contribution in [3.05, 3.63) is 42.5 Å². The minimum Gasteiger partial charge on any atom is -0.469 e. The van der Waals surface area contributed by atoms with Crippen LogP contribution in [-0.2, 0) is 20.7 Å². The van der Waals surface area contributed by atoms with Crippen molar-refractivity contribution >= 4 is 11.9 Å². The van der Waals surface area contributed by atoms with E-state index in [1.54, 1.807) is 12.1 Å². The molecule has 0 saturated carbocycles. The fourth-order valence-electron chi connectivity index (χ4n) is 1.70. The summed E-state index contributed by atoms with van der Waals surface area (Å²) in [5.74, 6) is -0.384. The lowest BCUT2D eigenvalue weighted by atomic mass is 9.97. The molecule has 0 aliphatic heterocycles. The Morgan fingerprint density at radius 2 is 1.95 bits per heavy atom. The summed E-state index contributed by atoms with van der Waals surface area (Å²) >= 11 is 0. The lowest BCUT2D eigenvalue weighted by molar-refractivity contribution is -0.145. The SMILES string of the molecule is C=CC(=O)Oc1ccc(C[C@H](CC)C(=O)OC)cc1. The molecule has 4 nitrogen and oxygen atoms in total. The van der Waals surface area contributed by atoms with Crippen molar-refractivity contribution in [1.29, 1.82) is 0 Å². The molecule has 0 radical (unpaired) electrons. The van der Waals surface area contributed by atoms with Crippen molar-refractivity contribution < 1.29 is 19.1 Å². The third-order valence-electron chi connectivity index (χ3n) is 2.82. The first-order valence-electron chi connectivity index (χ1n) is 6.11. The first kappa shape index (κ1) is 15.0. The Morgan fingerprint density at radius 3 is 2.42 bits per heavy atom. The number of esters is 2. The second-order valence-electron chi connectivity index (χ2n) is 4.10. The van der Waals surface area contributed by atoms with Gasteiger partial charge in [0.2, 0.25) is 0 Å². The highest BCUT2D eigenvalue weighted by molar-refractivity contribution is 5.83. The van der Waals surface area contributed by atoms with E-state index in [0.29, 0.717) is 12.2 Å². The summed E-state index contributed by atoms with van der Waals surface area (Å²) in [6, 6.07) is 7.05. The molecular formula is C15H18O4. The molecule has 0 N–H and O–H groups in total. The highest BCUT2D eigenvalue weighted by Crippen LogP contribution is 2.17. The van der Waals surface area contributed by atoms with E-state index in [2.05, 4.69) is 6.58 Å². The van der Waals surface area contributed by atoms with Crippen LogP contribution in [0.1, 0.15) is 18.9 Å². The van der Waals surface area contributed by atoms with Gasteiger partial charge in [0, 0.05) is 6.08 Å². The number of carbonyl (C=O) groups excluding carboxylic acids is 2. The summed E-state index contributed by atoms with van der Waals surface area (Å²) in [6.07, 6.45) is 2.44. The van der Waals surface area contributed by atoms with Gasteiger partial charge in [-0.1, -0.05) is 25.6 Å². The van der Waals surface area contributed by atoms with Crippen molar-refractivity contribution in [1.82, 2.24) is 0 Å². The number of carbonyl (C=O) groups is 2. The highest BCUT2D eigenvalue weighted by Gasteiger charge is 2.17. The topological polar surface area (TPSA) is 52.6 Å². The minimum absolute atomic E-state index is 0.147. The van der Waals surface area contributed by atoms with E-state index in [-0.39, 0.29) is 11.9 Å². The predicted octanol–water partition coefficient (Wildman–Crippen LogP) is 2.52. The fourth-order valence-corrected chi connectivity index (χ4v) is 1.70. The molecule has 19 heavy (non-hydrogen) atoms. The summed E-state index contributed by atoms with van der Waals surface area (Å²) in [4.78, 5) is 22.5. The van der Waals surface area contributed by atoms with Gasteiger partial charge in [-0.3, -0.25) is 4.79 Å². The molecule has 102 valence electrons. The van der Waals surface area contributed by atoms with E-state index in [4.69, 9.17) is 9.47 Å². The summed E-state index contributed by atoms with van der Waals surface area (Å²) in [5, 5.41) is 0. The van der Waals surface area contributed by atoms with Gasteiger partial charge in [-0.25, -0.2) is 4.79 Å². The third kappa shape index (κ3) is 4.58. The molecule has 1 aromatic rings. The van der Waals surface area contributed by atoms with Crippen LogP contribution < -0.4 is 4.74 Å². The Morgan fingerprint density at radius 1 is 1.32 bits per heavy atom. The Bertz CT molecular complexity index is 448. The van der Waals surface area contributed by atoms with Crippen molar-refractivity contribution in [3.8, 4) is 5.75 Å². The Kier molecular flexibility index (Phi) is 5.79. The van der Waals surface area contributed by atoms with Crippen molar-refractivity contribution in [2.75, 3.05) is 7.11 Å². The monoisotopic (exact) mass is 262 g/mol. The van der Waals surface area contributed by atoms with Gasteiger partial charge in [0.15, 0.2) is 0 Å². The molecule has 0 heterocycles. The van der Waals surface area contributed by atoms with Gasteiger partial charge in [0.05, 0.1) is 13.0 Å². The van der Waals surface area contributed by atoms with Crippen LogP contribution in [0, 0.1) is 5.92 Å². The number of ether oxygens (including phenoxy) is 2. The normalized spacial score (nSPS) is 11.5. The van der Waals surface area contributed by atoms with Gasteiger partial charge >= 0.3 is 11.9 Å². The molecule has 0 spiro atoms. The second kappa shape index (κ2) is 7.36. The van der Waals surface area contributed by atoms with Crippen LogP contribution in [0.2, 0.25) is 0 Å². The standard InChI is InChI=1S/C15H18O4/c1-4-12(15(17)18-3)10-11-6-8-13(9-7-11)19-14(16)5-2/h5-9,12H,2,4,10H2,1,3H3/t12-/m0/s1. The van der Waals surface area contributed by atoms with Crippen LogP contribution in [0.3, 0.4) is 0 Å². The summed E-state index contributed by atoms with van der Waals surface area (Å²) < 4.78 is 9.72. The van der Waals surface area contributed by atoms with Crippen LogP contribution >= 0.6 is 0 Å². The fraction of sp³-hybridized carbons (Fsp3) is 0.333. The van der Waals surface area contributed by atoms with Gasteiger partial charge in [-0.2, -0.15) is 0 Å². The molecule has 0 amide bonds. The van der Waals surface area contributed by atoms with Gasteiger partial charge < -0.3 is 9.47 Å². The molecule has 0 fully saturated rings. The molecule has 0 aliphatic rings. The zero-order valence-electron chi connectivity index (χ0n) is 11.2. The second-order valence-corrected chi connectivity index (χ2v) is 4.10. The highest BCUT2D eigenvalue weighted by atomic mass is 16.5. The Labute approximate surface area is 113 Å². The van der Waals surface area contributed by atoms with Crippen LogP contribution in [0.5, 0.6) is 5.75 Å². The maximum Gasteiger partial charge on any atom is 0.335 e. The van der Waals surface area contributed by atoms with Gasteiger partial charge in [-0.15, -0.1) is 0 Å². The van der Waals surface area contributed by atoms with E-state index < -0.39 is 5.97 Å². The number of hydrogen-bond acceptors (Lipinski definition) is 4. The van der Waals surface area contributed by atoms with E-state index in [0.717, 1.165) is 18.1 Å². The smallest absolute Gasteiger partial charge is 0.335 e. The Hall–Kier alpha value is -2.10. The van der Waals surface area contributed by atoms with E-state index in [9.17, 15) is 9.59 Å². The number of benzene rings is 1. The zero-order valence-corrected chi connectivity index (χ0v) is 11.2. The van der Waals surface area contributed by atoms with Crippen molar-refractivity contribution in [3.63, 3.8) is 0 Å². The lowest BCUT2D eigenvalue weighted by Gasteiger charge is -2.12. The van der Waals surface area contributed by atoms with Gasteiger partial charge in [0.1, 0.15) is 5.75 Å². The quantitative estimate of drug-likeness (QED) is 0.449. The molecular weight excluding hydrogens is 244 g/mol. The third-order valence-corrected chi connectivity index (χ3v) is 2.82. The summed E-state index contributed by atoms with van der Waals surface area (Å²) in [6.45, 7) is 5.27. The molecule has 0 saturated heterocycles. The molecule has 0 unspecified atom stereocenters. The summed E-state index contributed by atoms with van der Waals surface area (Å²) in [7, 11) is 1.39. The van der Waals surface area contributed by atoms with Crippen molar-refractivity contribution in [2.45, 2.75) is 19.8 Å². The molecule has 1 aromatic carbocycles. The first-order valence-corrected chi connectivity index (χ1v) is 6.11. The van der Waals surface area contributed by atoms with Crippen LogP contribution in [0.25, 0.3) is 0 Å². The number of hydrogen-bond donors (Lipinski definition) is 0. The molecule has 0 aliphatic carbocycles. The van der Waals surface area contributed by atoms with E-state index >= 15 is 0 Å². The average molecular weight is 262 g/mol. The number of rotatable bonds is 6. The van der Waals surface area contributed by atoms with E-state index in [1.165, 1.54) is 7.11 Å². The van der Waals surface area contributed by atoms with Gasteiger partial charge in [0.25, 0.3) is 0 Å². The minimum atomic E-state index is -0.492. The van der Waals surface area contributed by atoms with Gasteiger partial charge in [-0.05, 0) is 30.5 Å². The maximum absolute atomic E-state index is 11.5. The number of methoxy groups -OCH3 is 1. The lowest BCUT2D eigenvalue weighted by Crippen LogP contribution is -2.17. The first-order chi connectivity index (χ1) is 9.10.